The fourth-order valence-corrected chi connectivity index (χ4v) is 5.67. The highest BCUT2D eigenvalue weighted by Crippen LogP contribution is 2.44. The Balaban J connectivity index is 1.88. The molecule has 1 aromatic rings. The minimum Gasteiger partial charge on any atom is -0.504 e. The van der Waals surface area contributed by atoms with Crippen molar-refractivity contribution in [2.45, 2.75) is 42.4 Å². The van der Waals surface area contributed by atoms with Gasteiger partial charge in [0, 0.05) is 11.0 Å². The largest absolute Gasteiger partial charge is 0.504 e. The third-order valence-corrected chi connectivity index (χ3v) is 8.86. The molecular formula is C18H22Cl2N2O5S. The average molecular weight is 449 g/mol. The van der Waals surface area contributed by atoms with Crippen molar-refractivity contribution in [2.75, 3.05) is 18.5 Å². The summed E-state index contributed by atoms with van der Waals surface area (Å²) in [6.07, 6.45) is 3.26. The van der Waals surface area contributed by atoms with Gasteiger partial charge < -0.3 is 20.5 Å². The molecule has 10 heteroatoms. The van der Waals surface area contributed by atoms with E-state index in [4.69, 9.17) is 27.9 Å². The second-order valence-electron chi connectivity index (χ2n) is 7.43. The summed E-state index contributed by atoms with van der Waals surface area (Å²) in [5.74, 6) is -0.812. The van der Waals surface area contributed by atoms with Gasteiger partial charge in [-0.3, -0.25) is 0 Å². The molecule has 0 radical (unpaired) electrons. The van der Waals surface area contributed by atoms with Crippen molar-refractivity contribution in [1.29, 1.82) is 0 Å². The van der Waals surface area contributed by atoms with Gasteiger partial charge in [-0.05, 0) is 38.8 Å². The van der Waals surface area contributed by atoms with Crippen LogP contribution >= 0.6 is 23.2 Å². The first-order valence-electron chi connectivity index (χ1n) is 8.82. The zero-order valence-electron chi connectivity index (χ0n) is 15.5. The maximum atomic E-state index is 13.2. The Morgan fingerprint density at radius 3 is 2.50 bits per heavy atom. The molecule has 1 aromatic carbocycles. The van der Waals surface area contributed by atoms with Crippen molar-refractivity contribution < 1.29 is 23.1 Å². The lowest BCUT2D eigenvalue weighted by Crippen LogP contribution is -2.49. The summed E-state index contributed by atoms with van der Waals surface area (Å²) in [4.78, 5) is 11.9. The van der Waals surface area contributed by atoms with Crippen LogP contribution in [0.5, 0.6) is 5.75 Å². The standard InChI is InChI=1S/C18H22Cl2N2O5S/c1-18(2,10-8-27-9-10)28(25,26)16-12(20)6-7-14(15(16)23)22-17(24)21-13-5-3-4-11(13)19/h4,6-7,10,13,23H,3,5,8-9H2,1-2H3,(H2,21,22,24)/t13-/m1/s1. The number of hydrogen-bond donors (Lipinski definition) is 3. The second-order valence-corrected chi connectivity index (χ2v) is 10.7. The molecule has 2 amide bonds. The topological polar surface area (TPSA) is 105 Å². The summed E-state index contributed by atoms with van der Waals surface area (Å²) in [5.41, 5.74) is -0.0563. The quantitative estimate of drug-likeness (QED) is 0.596. The highest BCUT2D eigenvalue weighted by Gasteiger charge is 2.48. The first kappa shape index (κ1) is 21.2. The highest BCUT2D eigenvalue weighted by molar-refractivity contribution is 7.93. The van der Waals surface area contributed by atoms with Gasteiger partial charge in [-0.15, -0.1) is 0 Å². The molecule has 0 saturated carbocycles. The van der Waals surface area contributed by atoms with E-state index in [2.05, 4.69) is 10.6 Å². The molecule has 3 N–H and O–H groups in total. The Bertz CT molecular complexity index is 926. The molecule has 1 aliphatic carbocycles. The molecule has 1 atom stereocenters. The number of carbonyl (C=O) groups excluding carboxylic acids is 1. The fourth-order valence-electron chi connectivity index (χ4n) is 3.15. The lowest BCUT2D eigenvalue weighted by molar-refractivity contribution is -0.0468. The van der Waals surface area contributed by atoms with Crippen LogP contribution < -0.4 is 10.6 Å². The number of urea groups is 1. The predicted molar refractivity (Wildman–Crippen MR) is 108 cm³/mol. The van der Waals surface area contributed by atoms with Crippen molar-refractivity contribution in [3.8, 4) is 5.75 Å². The summed E-state index contributed by atoms with van der Waals surface area (Å²) in [6.45, 7) is 3.79. The molecule has 0 aromatic heterocycles. The Morgan fingerprint density at radius 1 is 1.29 bits per heavy atom. The van der Waals surface area contributed by atoms with E-state index >= 15 is 0 Å². The number of benzene rings is 1. The summed E-state index contributed by atoms with van der Waals surface area (Å²) in [6, 6.07) is 1.77. The number of aromatic hydroxyl groups is 1. The van der Waals surface area contributed by atoms with Crippen LogP contribution in [0.4, 0.5) is 10.5 Å². The lowest BCUT2D eigenvalue weighted by Gasteiger charge is -2.39. The number of hydrogen-bond acceptors (Lipinski definition) is 5. The number of sulfone groups is 1. The van der Waals surface area contributed by atoms with Gasteiger partial charge in [0.1, 0.15) is 4.90 Å². The molecular weight excluding hydrogens is 427 g/mol. The lowest BCUT2D eigenvalue weighted by atomic mass is 9.93. The van der Waals surface area contributed by atoms with E-state index in [1.807, 2.05) is 6.08 Å². The first-order chi connectivity index (χ1) is 13.1. The number of halogens is 2. The number of amides is 2. The van der Waals surface area contributed by atoms with E-state index in [9.17, 15) is 18.3 Å². The smallest absolute Gasteiger partial charge is 0.319 e. The number of carbonyl (C=O) groups is 1. The van der Waals surface area contributed by atoms with E-state index < -0.39 is 31.3 Å². The van der Waals surface area contributed by atoms with E-state index in [1.165, 1.54) is 12.1 Å². The first-order valence-corrected chi connectivity index (χ1v) is 11.1. The predicted octanol–water partition coefficient (Wildman–Crippen LogP) is 3.65. The van der Waals surface area contributed by atoms with Crippen LogP contribution in [0.15, 0.2) is 28.1 Å². The molecule has 0 bridgehead atoms. The van der Waals surface area contributed by atoms with Crippen molar-refractivity contribution in [3.63, 3.8) is 0 Å². The van der Waals surface area contributed by atoms with Gasteiger partial charge in [0.2, 0.25) is 0 Å². The third-order valence-electron chi connectivity index (χ3n) is 5.35. The van der Waals surface area contributed by atoms with Crippen molar-refractivity contribution in [3.05, 3.63) is 28.3 Å². The molecule has 1 saturated heterocycles. The summed E-state index contributed by atoms with van der Waals surface area (Å²) in [5, 5.41) is 16.2. The van der Waals surface area contributed by atoms with Gasteiger partial charge in [-0.1, -0.05) is 29.3 Å². The number of phenolic OH excluding ortho intramolecular Hbond substituents is 1. The van der Waals surface area contributed by atoms with Crippen LogP contribution in [0.1, 0.15) is 26.7 Å². The molecule has 1 aliphatic heterocycles. The molecule has 3 rings (SSSR count). The average Bonchev–Trinajstić information content (AvgIpc) is 2.92. The zero-order valence-corrected chi connectivity index (χ0v) is 17.8. The molecule has 154 valence electrons. The molecule has 7 nitrogen and oxygen atoms in total. The minimum atomic E-state index is -4.01. The zero-order chi connectivity index (χ0) is 20.7. The molecule has 28 heavy (non-hydrogen) atoms. The van der Waals surface area contributed by atoms with Gasteiger partial charge >= 0.3 is 6.03 Å². The Hall–Kier alpha value is -1.48. The maximum Gasteiger partial charge on any atom is 0.319 e. The maximum absolute atomic E-state index is 13.2. The molecule has 1 heterocycles. The van der Waals surface area contributed by atoms with Crippen LogP contribution in [-0.4, -0.2) is 43.6 Å². The Morgan fingerprint density at radius 2 is 1.96 bits per heavy atom. The van der Waals surface area contributed by atoms with Crippen LogP contribution in [0, 0.1) is 5.92 Å². The van der Waals surface area contributed by atoms with Crippen molar-refractivity contribution in [2.24, 2.45) is 5.92 Å². The van der Waals surface area contributed by atoms with E-state index in [0.717, 1.165) is 6.42 Å². The van der Waals surface area contributed by atoms with Crippen molar-refractivity contribution in [1.82, 2.24) is 5.32 Å². The Labute approximate surface area is 174 Å². The summed E-state index contributed by atoms with van der Waals surface area (Å²) >= 11 is 12.2. The molecule has 1 fully saturated rings. The normalized spacial score (nSPS) is 20.4. The van der Waals surface area contributed by atoms with Crippen LogP contribution in [0.25, 0.3) is 0 Å². The fraction of sp³-hybridized carbons (Fsp3) is 0.500. The van der Waals surface area contributed by atoms with Gasteiger partial charge in [0.15, 0.2) is 15.6 Å². The molecule has 0 unspecified atom stereocenters. The summed E-state index contributed by atoms with van der Waals surface area (Å²) in [7, 11) is -4.01. The Kier molecular flexibility index (Phi) is 5.87. The number of anilines is 1. The number of ether oxygens (including phenoxy) is 1. The minimum absolute atomic E-state index is 0.0563. The molecule has 0 spiro atoms. The number of allylic oxidation sites excluding steroid dienone is 1. The van der Waals surface area contributed by atoms with Gasteiger partial charge in [-0.25, -0.2) is 13.2 Å². The van der Waals surface area contributed by atoms with Gasteiger partial charge in [0.25, 0.3) is 0 Å². The molecule has 2 aliphatic rings. The number of phenols is 1. The van der Waals surface area contributed by atoms with Gasteiger partial charge in [0.05, 0.1) is 34.7 Å². The van der Waals surface area contributed by atoms with Gasteiger partial charge in [-0.2, -0.15) is 0 Å². The van der Waals surface area contributed by atoms with E-state index in [0.29, 0.717) is 24.7 Å². The van der Waals surface area contributed by atoms with Crippen LogP contribution in [0.3, 0.4) is 0 Å². The summed E-state index contributed by atoms with van der Waals surface area (Å²) < 4.78 is 30.4. The van der Waals surface area contributed by atoms with Crippen molar-refractivity contribution >= 4 is 44.8 Å². The third kappa shape index (κ3) is 3.70. The SMILES string of the molecule is CC(C)(C1COC1)S(=O)(=O)c1c(Cl)ccc(NC(=O)N[C@@H]2CCC=C2Cl)c1O. The van der Waals surface area contributed by atoms with Crippen LogP contribution in [-0.2, 0) is 14.6 Å². The number of rotatable bonds is 5. The van der Waals surface area contributed by atoms with Crippen LogP contribution in [0.2, 0.25) is 5.02 Å². The monoisotopic (exact) mass is 448 g/mol. The van der Waals surface area contributed by atoms with E-state index in [-0.39, 0.29) is 22.7 Å². The second kappa shape index (κ2) is 7.74. The number of nitrogens with one attached hydrogen (secondary N) is 2. The van der Waals surface area contributed by atoms with E-state index in [1.54, 1.807) is 13.8 Å². The highest BCUT2D eigenvalue weighted by atomic mass is 35.5.